The standard InChI is InChI=1S/C22H31N3O3.H2/c1-2-28-21(27)23-16-7-3-4-8-17(15-16)25-13-11-22(12-14-25)18-9-5-6-10-19(18)24-20(22)26;/h5-6,9-10,16-17H,2-4,7-8,11-15H2,1H3,(H,23,27)(H,24,26);1H. The molecule has 1 saturated carbocycles. The summed E-state index contributed by atoms with van der Waals surface area (Å²) in [5.74, 6) is 0.163. The van der Waals surface area contributed by atoms with Crippen molar-refractivity contribution in [1.82, 2.24) is 10.2 Å². The van der Waals surface area contributed by atoms with Crippen molar-refractivity contribution in [2.75, 3.05) is 25.0 Å². The number of carbonyl (C=O) groups is 2. The molecule has 3 aliphatic rings. The normalized spacial score (nSPS) is 27.0. The Morgan fingerprint density at radius 3 is 2.82 bits per heavy atom. The number of ether oxygens (including phenoxy) is 1. The number of nitrogens with zero attached hydrogens (tertiary/aromatic N) is 1. The van der Waals surface area contributed by atoms with Crippen LogP contribution in [0.25, 0.3) is 0 Å². The van der Waals surface area contributed by atoms with E-state index in [1.54, 1.807) is 0 Å². The molecule has 0 bridgehead atoms. The maximum absolute atomic E-state index is 12.8. The minimum Gasteiger partial charge on any atom is -0.450 e. The topological polar surface area (TPSA) is 70.7 Å². The summed E-state index contributed by atoms with van der Waals surface area (Å²) < 4.78 is 5.07. The molecule has 2 N–H and O–H groups in total. The Morgan fingerprint density at radius 1 is 1.29 bits per heavy atom. The molecule has 1 aromatic rings. The van der Waals surface area contributed by atoms with E-state index in [1.165, 1.54) is 12.0 Å². The second-order valence-electron chi connectivity index (χ2n) is 8.35. The number of carbonyl (C=O) groups excluding carboxylic acids is 2. The van der Waals surface area contributed by atoms with Crippen LogP contribution in [0.5, 0.6) is 0 Å². The van der Waals surface area contributed by atoms with Gasteiger partial charge in [0.15, 0.2) is 0 Å². The number of nitrogens with one attached hydrogen (secondary N) is 2. The van der Waals surface area contributed by atoms with Gasteiger partial charge in [0.1, 0.15) is 0 Å². The third-order valence-corrected chi connectivity index (χ3v) is 6.79. The van der Waals surface area contributed by atoms with Crippen molar-refractivity contribution < 1.29 is 15.8 Å². The molecule has 6 heteroatoms. The molecule has 154 valence electrons. The number of rotatable bonds is 3. The minimum absolute atomic E-state index is 0. The van der Waals surface area contributed by atoms with Gasteiger partial charge in [-0.05, 0) is 63.7 Å². The van der Waals surface area contributed by atoms with Crippen molar-refractivity contribution in [3.05, 3.63) is 29.8 Å². The van der Waals surface area contributed by atoms with Crippen LogP contribution in [-0.2, 0) is 14.9 Å². The van der Waals surface area contributed by atoms with E-state index in [1.807, 2.05) is 25.1 Å². The molecule has 4 rings (SSSR count). The molecule has 6 nitrogen and oxygen atoms in total. The molecule has 2 atom stereocenters. The Bertz CT molecular complexity index is 734. The zero-order valence-electron chi connectivity index (χ0n) is 16.7. The van der Waals surface area contributed by atoms with Gasteiger partial charge in [0.05, 0.1) is 12.0 Å². The number of piperidine rings is 1. The zero-order valence-corrected chi connectivity index (χ0v) is 16.7. The molecule has 1 aliphatic carbocycles. The maximum Gasteiger partial charge on any atom is 0.407 e. The molecule has 2 amide bonds. The highest BCUT2D eigenvalue weighted by Gasteiger charge is 2.48. The lowest BCUT2D eigenvalue weighted by molar-refractivity contribution is -0.122. The summed E-state index contributed by atoms with van der Waals surface area (Å²) in [5, 5.41) is 6.13. The fraction of sp³-hybridized carbons (Fsp3) is 0.636. The van der Waals surface area contributed by atoms with Crippen LogP contribution in [0.2, 0.25) is 0 Å². The average molecular weight is 388 g/mol. The predicted molar refractivity (Wildman–Crippen MR) is 110 cm³/mol. The summed E-state index contributed by atoms with van der Waals surface area (Å²) in [7, 11) is 0. The van der Waals surface area contributed by atoms with Crippen molar-refractivity contribution in [1.29, 1.82) is 0 Å². The Kier molecular flexibility index (Phi) is 5.58. The van der Waals surface area contributed by atoms with Gasteiger partial charge in [0, 0.05) is 19.2 Å². The number of benzene rings is 1. The summed E-state index contributed by atoms with van der Waals surface area (Å²) in [4.78, 5) is 27.2. The van der Waals surface area contributed by atoms with E-state index in [9.17, 15) is 9.59 Å². The highest BCUT2D eigenvalue weighted by Crippen LogP contribution is 2.45. The van der Waals surface area contributed by atoms with Crippen LogP contribution in [0, 0.1) is 0 Å². The van der Waals surface area contributed by atoms with Gasteiger partial charge in [-0.25, -0.2) is 4.79 Å². The minimum atomic E-state index is -0.361. The first-order valence-electron chi connectivity index (χ1n) is 10.7. The number of likely N-dealkylation sites (tertiary alicyclic amines) is 1. The van der Waals surface area contributed by atoms with E-state index in [0.29, 0.717) is 12.6 Å². The van der Waals surface area contributed by atoms with Crippen molar-refractivity contribution in [3.63, 3.8) is 0 Å². The number of fused-ring (bicyclic) bond motifs is 2. The monoisotopic (exact) mass is 387 g/mol. The summed E-state index contributed by atoms with van der Waals surface area (Å²) >= 11 is 0. The van der Waals surface area contributed by atoms with Gasteiger partial charge >= 0.3 is 6.09 Å². The van der Waals surface area contributed by atoms with E-state index < -0.39 is 0 Å². The van der Waals surface area contributed by atoms with E-state index >= 15 is 0 Å². The number of anilines is 1. The highest BCUT2D eigenvalue weighted by molar-refractivity contribution is 6.06. The van der Waals surface area contributed by atoms with Gasteiger partial charge in [0.2, 0.25) is 5.91 Å². The van der Waals surface area contributed by atoms with Gasteiger partial charge in [-0.1, -0.05) is 31.0 Å². The molecule has 2 fully saturated rings. The van der Waals surface area contributed by atoms with Crippen LogP contribution in [0.15, 0.2) is 24.3 Å². The van der Waals surface area contributed by atoms with Gasteiger partial charge in [-0.15, -0.1) is 0 Å². The van der Waals surface area contributed by atoms with Crippen molar-refractivity contribution in [3.8, 4) is 0 Å². The Balaban J connectivity index is 0.00000240. The second-order valence-corrected chi connectivity index (χ2v) is 8.35. The molecule has 0 radical (unpaired) electrons. The lowest BCUT2D eigenvalue weighted by Gasteiger charge is -2.42. The molecule has 2 aliphatic heterocycles. The van der Waals surface area contributed by atoms with Gasteiger partial charge in [-0.2, -0.15) is 0 Å². The van der Waals surface area contributed by atoms with Crippen LogP contribution in [0.4, 0.5) is 10.5 Å². The van der Waals surface area contributed by atoms with Gasteiger partial charge in [0.25, 0.3) is 0 Å². The SMILES string of the molecule is CCOC(=O)NC1CCCCC(N2CCC3(CC2)C(=O)Nc2ccccc23)C1.[HH]. The fourth-order valence-electron chi connectivity index (χ4n) is 5.28. The van der Waals surface area contributed by atoms with Crippen LogP contribution in [0.3, 0.4) is 0 Å². The van der Waals surface area contributed by atoms with Crippen LogP contribution >= 0.6 is 0 Å². The Hall–Kier alpha value is -2.08. The highest BCUT2D eigenvalue weighted by atomic mass is 16.5. The molecule has 28 heavy (non-hydrogen) atoms. The van der Waals surface area contributed by atoms with Gasteiger partial charge < -0.3 is 20.3 Å². The quantitative estimate of drug-likeness (QED) is 0.777. The van der Waals surface area contributed by atoms with Crippen molar-refractivity contribution in [2.24, 2.45) is 0 Å². The fourth-order valence-corrected chi connectivity index (χ4v) is 5.28. The summed E-state index contributed by atoms with van der Waals surface area (Å²) in [6.45, 7) is 4.09. The average Bonchev–Trinajstić information content (AvgIpc) is 2.84. The second kappa shape index (κ2) is 8.11. The molecule has 1 aromatic carbocycles. The molecule has 1 saturated heterocycles. The number of hydrogen-bond acceptors (Lipinski definition) is 4. The van der Waals surface area contributed by atoms with Crippen LogP contribution in [-0.4, -0.2) is 48.7 Å². The first-order chi connectivity index (χ1) is 13.6. The van der Waals surface area contributed by atoms with Crippen molar-refractivity contribution in [2.45, 2.75) is 69.4 Å². The lowest BCUT2D eigenvalue weighted by Crippen LogP contribution is -2.51. The Labute approximate surface area is 168 Å². The first kappa shape index (κ1) is 19.2. The summed E-state index contributed by atoms with van der Waals surface area (Å²) in [5.41, 5.74) is 1.79. The van der Waals surface area contributed by atoms with Gasteiger partial charge in [-0.3, -0.25) is 4.79 Å². The summed E-state index contributed by atoms with van der Waals surface area (Å²) in [6.07, 6.45) is 6.90. The molecule has 2 heterocycles. The largest absolute Gasteiger partial charge is 0.450 e. The van der Waals surface area contributed by atoms with E-state index in [2.05, 4.69) is 21.6 Å². The molecular weight excluding hydrogens is 354 g/mol. The van der Waals surface area contributed by atoms with Crippen LogP contribution in [0.1, 0.15) is 58.9 Å². The van der Waals surface area contributed by atoms with Crippen LogP contribution < -0.4 is 10.6 Å². The Morgan fingerprint density at radius 2 is 2.04 bits per heavy atom. The third-order valence-electron chi connectivity index (χ3n) is 6.79. The summed E-state index contributed by atoms with van der Waals surface area (Å²) in [6, 6.07) is 8.77. The number of hydrogen-bond donors (Lipinski definition) is 2. The molecule has 2 unspecified atom stereocenters. The van der Waals surface area contributed by atoms with E-state index in [0.717, 1.165) is 57.3 Å². The predicted octanol–water partition coefficient (Wildman–Crippen LogP) is 3.67. The number of amides is 2. The number of para-hydroxylation sites is 1. The smallest absolute Gasteiger partial charge is 0.407 e. The van der Waals surface area contributed by atoms with E-state index in [4.69, 9.17) is 4.74 Å². The third kappa shape index (κ3) is 3.62. The molecular formula is C22H33N3O3. The first-order valence-corrected chi connectivity index (χ1v) is 10.7. The van der Waals surface area contributed by atoms with E-state index in [-0.39, 0.29) is 24.9 Å². The van der Waals surface area contributed by atoms with Crippen molar-refractivity contribution >= 4 is 17.7 Å². The maximum atomic E-state index is 12.8. The number of alkyl carbamates (subject to hydrolysis) is 1. The molecule has 1 spiro atoms. The molecule has 0 aromatic heterocycles. The zero-order chi connectivity index (χ0) is 19.6. The lowest BCUT2D eigenvalue weighted by atomic mass is 9.73.